The van der Waals surface area contributed by atoms with E-state index < -0.39 is 0 Å². The highest BCUT2D eigenvalue weighted by Gasteiger charge is 2.10. The molecule has 19 heavy (non-hydrogen) atoms. The van der Waals surface area contributed by atoms with Crippen LogP contribution in [0.3, 0.4) is 0 Å². The summed E-state index contributed by atoms with van der Waals surface area (Å²) in [5, 5.41) is 11.2. The van der Waals surface area contributed by atoms with Crippen LogP contribution < -0.4 is 5.32 Å². The summed E-state index contributed by atoms with van der Waals surface area (Å²) >= 11 is 0. The fourth-order valence-corrected chi connectivity index (χ4v) is 1.85. The Kier molecular flexibility index (Phi) is 4.27. The van der Waals surface area contributed by atoms with Crippen molar-refractivity contribution < 1.29 is 4.39 Å². The van der Waals surface area contributed by atoms with Crippen LogP contribution in [0.5, 0.6) is 0 Å². The molecular weight excluding hydrogens is 243 g/mol. The van der Waals surface area contributed by atoms with Gasteiger partial charge in [-0.25, -0.2) is 9.07 Å². The first-order valence-electron chi connectivity index (χ1n) is 6.44. The van der Waals surface area contributed by atoms with E-state index in [1.807, 2.05) is 6.92 Å². The Bertz CT molecular complexity index is 548. The quantitative estimate of drug-likeness (QED) is 0.900. The minimum Gasteiger partial charge on any atom is -0.311 e. The third-order valence-electron chi connectivity index (χ3n) is 2.81. The number of nitrogens with zero attached hydrogens (tertiary/aromatic N) is 3. The van der Waals surface area contributed by atoms with Gasteiger partial charge in [0, 0.05) is 6.54 Å². The molecule has 0 fully saturated rings. The van der Waals surface area contributed by atoms with Crippen molar-refractivity contribution in [2.24, 2.45) is 5.92 Å². The van der Waals surface area contributed by atoms with Crippen LogP contribution in [0.4, 0.5) is 4.39 Å². The second kappa shape index (κ2) is 5.93. The minimum absolute atomic E-state index is 0.291. The van der Waals surface area contributed by atoms with Crippen molar-refractivity contribution in [2.75, 3.05) is 6.54 Å². The van der Waals surface area contributed by atoms with Crippen LogP contribution in [-0.4, -0.2) is 21.5 Å². The monoisotopic (exact) mass is 262 g/mol. The van der Waals surface area contributed by atoms with Crippen LogP contribution in [0, 0.1) is 18.7 Å². The van der Waals surface area contributed by atoms with E-state index in [1.54, 1.807) is 23.0 Å². The molecule has 0 unspecified atom stereocenters. The first kappa shape index (κ1) is 13.7. The Morgan fingerprint density at radius 1 is 1.37 bits per heavy atom. The summed E-state index contributed by atoms with van der Waals surface area (Å²) in [6.45, 7) is 7.74. The first-order valence-corrected chi connectivity index (χ1v) is 6.44. The van der Waals surface area contributed by atoms with Crippen molar-refractivity contribution in [3.63, 3.8) is 0 Å². The average molecular weight is 262 g/mol. The maximum Gasteiger partial charge on any atom is 0.148 e. The summed E-state index contributed by atoms with van der Waals surface area (Å²) in [5.41, 5.74) is 2.29. The molecule has 0 saturated heterocycles. The Labute approximate surface area is 112 Å². The van der Waals surface area contributed by atoms with Crippen molar-refractivity contribution in [1.29, 1.82) is 0 Å². The molecule has 1 N–H and O–H groups in total. The Balaban J connectivity index is 2.21. The number of aryl methyl sites for hydroxylation is 1. The fourth-order valence-electron chi connectivity index (χ4n) is 1.85. The average Bonchev–Trinajstić information content (AvgIpc) is 2.80. The van der Waals surface area contributed by atoms with E-state index in [2.05, 4.69) is 29.5 Å². The van der Waals surface area contributed by atoms with Gasteiger partial charge in [0.05, 0.1) is 11.9 Å². The number of aromatic nitrogens is 3. The molecule has 2 aromatic rings. The van der Waals surface area contributed by atoms with Gasteiger partial charge in [-0.3, -0.25) is 0 Å². The molecule has 1 heterocycles. The Hall–Kier alpha value is -1.75. The molecule has 4 nitrogen and oxygen atoms in total. The van der Waals surface area contributed by atoms with E-state index in [0.717, 1.165) is 17.8 Å². The van der Waals surface area contributed by atoms with Gasteiger partial charge in [0.15, 0.2) is 0 Å². The Morgan fingerprint density at radius 3 is 2.89 bits per heavy atom. The molecule has 1 aromatic heterocycles. The topological polar surface area (TPSA) is 42.7 Å². The Morgan fingerprint density at radius 2 is 2.16 bits per heavy atom. The number of hydrogen-bond acceptors (Lipinski definition) is 3. The highest BCUT2D eigenvalue weighted by molar-refractivity contribution is 5.37. The molecule has 0 saturated carbocycles. The van der Waals surface area contributed by atoms with Gasteiger partial charge in [0.25, 0.3) is 0 Å². The number of hydrogen-bond donors (Lipinski definition) is 1. The summed E-state index contributed by atoms with van der Waals surface area (Å²) in [5.74, 6) is 0.279. The van der Waals surface area contributed by atoms with Gasteiger partial charge >= 0.3 is 0 Å². The van der Waals surface area contributed by atoms with Gasteiger partial charge in [-0.05, 0) is 37.1 Å². The third kappa shape index (κ3) is 3.38. The molecule has 1 aromatic carbocycles. The highest BCUT2D eigenvalue weighted by Crippen LogP contribution is 2.16. The molecule has 102 valence electrons. The maximum atomic E-state index is 13.9. The van der Waals surface area contributed by atoms with Crippen molar-refractivity contribution in [3.05, 3.63) is 41.5 Å². The van der Waals surface area contributed by atoms with Crippen LogP contribution in [0.25, 0.3) is 5.69 Å². The van der Waals surface area contributed by atoms with Crippen molar-refractivity contribution in [3.8, 4) is 5.69 Å². The standard InChI is InChI=1S/C14H19FN4/c1-10(2)7-16-8-12-9-17-18-19(12)14-6-11(3)4-5-13(14)15/h4-6,9-10,16H,7-8H2,1-3H3. The molecule has 0 bridgehead atoms. The van der Waals surface area contributed by atoms with Crippen LogP contribution in [-0.2, 0) is 6.54 Å². The molecular formula is C14H19FN4. The minimum atomic E-state index is -0.291. The van der Waals surface area contributed by atoms with Crippen molar-refractivity contribution >= 4 is 0 Å². The summed E-state index contributed by atoms with van der Waals surface area (Å²) in [7, 11) is 0. The van der Waals surface area contributed by atoms with E-state index >= 15 is 0 Å². The van der Waals surface area contributed by atoms with Crippen molar-refractivity contribution in [1.82, 2.24) is 20.3 Å². The number of benzene rings is 1. The lowest BCUT2D eigenvalue weighted by Crippen LogP contribution is -2.21. The lowest BCUT2D eigenvalue weighted by atomic mass is 10.2. The zero-order valence-corrected chi connectivity index (χ0v) is 11.5. The predicted molar refractivity (Wildman–Crippen MR) is 72.6 cm³/mol. The largest absolute Gasteiger partial charge is 0.311 e. The molecule has 0 atom stereocenters. The lowest BCUT2D eigenvalue weighted by Gasteiger charge is -2.10. The van der Waals surface area contributed by atoms with E-state index in [9.17, 15) is 4.39 Å². The van der Waals surface area contributed by atoms with Gasteiger partial charge in [-0.15, -0.1) is 5.10 Å². The molecule has 0 amide bonds. The van der Waals surface area contributed by atoms with Crippen LogP contribution in [0.2, 0.25) is 0 Å². The summed E-state index contributed by atoms with van der Waals surface area (Å²) < 4.78 is 15.4. The van der Waals surface area contributed by atoms with E-state index in [0.29, 0.717) is 18.2 Å². The maximum absolute atomic E-state index is 13.9. The first-order chi connectivity index (χ1) is 9.08. The number of rotatable bonds is 5. The van der Waals surface area contributed by atoms with Crippen LogP contribution >= 0.6 is 0 Å². The second-order valence-corrected chi connectivity index (χ2v) is 5.12. The summed E-state index contributed by atoms with van der Waals surface area (Å²) in [4.78, 5) is 0. The van der Waals surface area contributed by atoms with Crippen LogP contribution in [0.15, 0.2) is 24.4 Å². The van der Waals surface area contributed by atoms with Crippen LogP contribution in [0.1, 0.15) is 25.1 Å². The van der Waals surface area contributed by atoms with E-state index in [-0.39, 0.29) is 5.82 Å². The molecule has 0 spiro atoms. The normalized spacial score (nSPS) is 11.2. The molecule has 2 rings (SSSR count). The molecule has 5 heteroatoms. The third-order valence-corrected chi connectivity index (χ3v) is 2.81. The van der Waals surface area contributed by atoms with Crippen molar-refractivity contribution in [2.45, 2.75) is 27.3 Å². The molecule has 0 aliphatic heterocycles. The summed E-state index contributed by atoms with van der Waals surface area (Å²) in [6.07, 6.45) is 1.66. The van der Waals surface area contributed by atoms with Gasteiger partial charge in [-0.2, -0.15) is 0 Å². The van der Waals surface area contributed by atoms with Gasteiger partial charge in [0.2, 0.25) is 0 Å². The molecule has 0 aliphatic carbocycles. The highest BCUT2D eigenvalue weighted by atomic mass is 19.1. The predicted octanol–water partition coefficient (Wildman–Crippen LogP) is 2.46. The number of halogens is 1. The van der Waals surface area contributed by atoms with Gasteiger partial charge < -0.3 is 5.32 Å². The molecule has 0 radical (unpaired) electrons. The second-order valence-electron chi connectivity index (χ2n) is 5.12. The smallest absolute Gasteiger partial charge is 0.148 e. The van der Waals surface area contributed by atoms with E-state index in [1.165, 1.54) is 6.07 Å². The number of nitrogens with one attached hydrogen (secondary N) is 1. The van der Waals surface area contributed by atoms with Gasteiger partial charge in [-0.1, -0.05) is 25.1 Å². The van der Waals surface area contributed by atoms with E-state index in [4.69, 9.17) is 0 Å². The molecule has 0 aliphatic rings. The zero-order valence-electron chi connectivity index (χ0n) is 11.5. The fraction of sp³-hybridized carbons (Fsp3) is 0.429. The summed E-state index contributed by atoms with van der Waals surface area (Å²) in [6, 6.07) is 4.97. The van der Waals surface area contributed by atoms with Gasteiger partial charge in [0.1, 0.15) is 11.5 Å². The SMILES string of the molecule is Cc1ccc(F)c(-n2nncc2CNCC(C)C)c1. The zero-order chi connectivity index (χ0) is 13.8. The lowest BCUT2D eigenvalue weighted by molar-refractivity contribution is 0.538.